The molecule has 0 aliphatic heterocycles. The number of hydrogen-bond donors (Lipinski definition) is 0. The zero-order valence-corrected chi connectivity index (χ0v) is 8.90. The van der Waals surface area contributed by atoms with Crippen LogP contribution in [0.25, 0.3) is 0 Å². The van der Waals surface area contributed by atoms with Crippen LogP contribution in [0.15, 0.2) is 30.3 Å². The van der Waals surface area contributed by atoms with Crippen molar-refractivity contribution < 1.29 is 14.3 Å². The van der Waals surface area contributed by atoms with Crippen LogP contribution in [0, 0.1) is 0 Å². The Balaban J connectivity index is 2.73. The van der Waals surface area contributed by atoms with Crippen molar-refractivity contribution in [1.29, 1.82) is 0 Å². The van der Waals surface area contributed by atoms with Gasteiger partial charge >= 0.3 is 6.09 Å². The predicted molar refractivity (Wildman–Crippen MR) is 55.5 cm³/mol. The molecule has 0 saturated carbocycles. The van der Waals surface area contributed by atoms with Gasteiger partial charge in [0.05, 0.1) is 6.61 Å². The minimum absolute atomic E-state index is 0.171. The summed E-state index contributed by atoms with van der Waals surface area (Å²) in [6.45, 7) is 1.81. The van der Waals surface area contributed by atoms with Gasteiger partial charge in [-0.1, -0.05) is 18.2 Å². The van der Waals surface area contributed by atoms with Crippen LogP contribution in [-0.4, -0.2) is 23.0 Å². The van der Waals surface area contributed by atoms with Crippen molar-refractivity contribution in [2.75, 3.05) is 6.61 Å². The average Bonchev–Trinajstić information content (AvgIpc) is 2.28. The van der Waals surface area contributed by atoms with Gasteiger partial charge in [0.15, 0.2) is 0 Å². The third-order valence-electron chi connectivity index (χ3n) is 1.63. The molecule has 0 saturated heterocycles. The number of amides is 2. The van der Waals surface area contributed by atoms with E-state index >= 15 is 0 Å². The summed E-state index contributed by atoms with van der Waals surface area (Å²) in [5.41, 5.74) is 0.334. The number of halogens is 1. The Bertz CT molecular complexity index is 353. The number of imide groups is 1. The zero-order valence-electron chi connectivity index (χ0n) is 8.14. The van der Waals surface area contributed by atoms with Gasteiger partial charge in [-0.15, -0.1) is 4.42 Å². The maximum Gasteiger partial charge on any atom is 0.432 e. The quantitative estimate of drug-likeness (QED) is 0.729. The Morgan fingerprint density at radius 1 is 1.33 bits per heavy atom. The minimum Gasteiger partial charge on any atom is -0.449 e. The molecule has 5 heteroatoms. The van der Waals surface area contributed by atoms with Crippen molar-refractivity contribution in [3.8, 4) is 0 Å². The summed E-state index contributed by atoms with van der Waals surface area (Å²) < 4.78 is 5.01. The van der Waals surface area contributed by atoms with Crippen molar-refractivity contribution in [1.82, 2.24) is 4.42 Å². The fraction of sp³-hybridized carbons (Fsp3) is 0.200. The van der Waals surface area contributed by atoms with Gasteiger partial charge in [-0.25, -0.2) is 4.79 Å². The monoisotopic (exact) mass is 227 g/mol. The first-order chi connectivity index (χ1) is 7.16. The maximum atomic E-state index is 11.6. The second-order valence-electron chi connectivity index (χ2n) is 2.65. The molecule has 0 atom stereocenters. The van der Waals surface area contributed by atoms with E-state index in [1.54, 1.807) is 37.3 Å². The Hall–Kier alpha value is -1.55. The van der Waals surface area contributed by atoms with Gasteiger partial charge < -0.3 is 4.74 Å². The van der Waals surface area contributed by atoms with Gasteiger partial charge in [0.2, 0.25) is 0 Å². The van der Waals surface area contributed by atoms with E-state index in [-0.39, 0.29) is 6.61 Å². The van der Waals surface area contributed by atoms with E-state index in [2.05, 4.69) is 4.74 Å². The Morgan fingerprint density at radius 2 is 1.93 bits per heavy atom. The summed E-state index contributed by atoms with van der Waals surface area (Å²) in [4.78, 5) is 22.7. The second kappa shape index (κ2) is 5.36. The van der Waals surface area contributed by atoms with Crippen molar-refractivity contribution in [2.24, 2.45) is 0 Å². The number of ether oxygens (including phenoxy) is 1. The lowest BCUT2D eigenvalue weighted by Crippen LogP contribution is -2.29. The Kier molecular flexibility index (Phi) is 4.12. The first kappa shape index (κ1) is 11.5. The van der Waals surface area contributed by atoms with Crippen molar-refractivity contribution in [2.45, 2.75) is 6.92 Å². The lowest BCUT2D eigenvalue weighted by Gasteiger charge is -2.11. The fourth-order valence-electron chi connectivity index (χ4n) is 0.957. The summed E-state index contributed by atoms with van der Waals surface area (Å²) in [6.07, 6.45) is -0.868. The second-order valence-corrected chi connectivity index (χ2v) is 2.99. The number of nitrogens with zero attached hydrogens (tertiary/aromatic N) is 1. The lowest BCUT2D eigenvalue weighted by atomic mass is 10.2. The molecule has 0 aliphatic carbocycles. The third kappa shape index (κ3) is 2.95. The van der Waals surface area contributed by atoms with E-state index in [0.717, 1.165) is 0 Å². The van der Waals surface area contributed by atoms with Gasteiger partial charge in [-0.2, -0.15) is 0 Å². The summed E-state index contributed by atoms with van der Waals surface area (Å²) in [6, 6.07) is 8.26. The molecule has 1 rings (SSSR count). The van der Waals surface area contributed by atoms with E-state index in [1.165, 1.54) is 0 Å². The molecule has 15 heavy (non-hydrogen) atoms. The van der Waals surface area contributed by atoms with Gasteiger partial charge in [-0.05, 0) is 19.1 Å². The molecule has 80 valence electrons. The first-order valence-corrected chi connectivity index (χ1v) is 4.72. The largest absolute Gasteiger partial charge is 0.449 e. The summed E-state index contributed by atoms with van der Waals surface area (Å²) in [5, 5.41) is 0. The number of carbonyl (C=O) groups is 2. The molecule has 0 fully saturated rings. The molecular formula is C10H10ClNO3. The molecule has 0 N–H and O–H groups in total. The van der Waals surface area contributed by atoms with Gasteiger partial charge in [0.25, 0.3) is 5.91 Å². The molecule has 0 aromatic heterocycles. The number of benzene rings is 1. The van der Waals surface area contributed by atoms with E-state index in [9.17, 15) is 9.59 Å². The molecule has 0 heterocycles. The molecule has 0 unspecified atom stereocenters. The highest BCUT2D eigenvalue weighted by Crippen LogP contribution is 2.08. The average molecular weight is 228 g/mol. The minimum atomic E-state index is -0.868. The van der Waals surface area contributed by atoms with Crippen LogP contribution in [0.1, 0.15) is 17.3 Å². The van der Waals surface area contributed by atoms with Crippen LogP contribution < -0.4 is 0 Å². The molecule has 1 aromatic rings. The topological polar surface area (TPSA) is 46.6 Å². The highest BCUT2D eigenvalue weighted by molar-refractivity contribution is 6.31. The van der Waals surface area contributed by atoms with Crippen LogP contribution in [-0.2, 0) is 4.74 Å². The van der Waals surface area contributed by atoms with Crippen molar-refractivity contribution in [3.05, 3.63) is 35.9 Å². The normalized spacial score (nSPS) is 9.47. The fourth-order valence-corrected chi connectivity index (χ4v) is 1.10. The number of hydrogen-bond acceptors (Lipinski definition) is 3. The van der Waals surface area contributed by atoms with Crippen LogP contribution in [0.5, 0.6) is 0 Å². The van der Waals surface area contributed by atoms with Gasteiger partial charge in [-0.3, -0.25) is 4.79 Å². The molecule has 0 bridgehead atoms. The van der Waals surface area contributed by atoms with Crippen molar-refractivity contribution >= 4 is 23.8 Å². The molecule has 0 aliphatic rings. The molecule has 0 radical (unpaired) electrons. The van der Waals surface area contributed by atoms with E-state index in [0.29, 0.717) is 9.98 Å². The van der Waals surface area contributed by atoms with Crippen LogP contribution in [0.3, 0.4) is 0 Å². The van der Waals surface area contributed by atoms with E-state index in [4.69, 9.17) is 11.8 Å². The summed E-state index contributed by atoms with van der Waals surface area (Å²) >= 11 is 5.50. The maximum absolute atomic E-state index is 11.6. The van der Waals surface area contributed by atoms with Crippen LogP contribution >= 0.6 is 11.8 Å². The highest BCUT2D eigenvalue weighted by atomic mass is 35.5. The van der Waals surface area contributed by atoms with E-state index in [1.807, 2.05) is 0 Å². The molecule has 0 spiro atoms. The summed E-state index contributed by atoms with van der Waals surface area (Å²) in [5.74, 6) is -0.601. The van der Waals surface area contributed by atoms with Gasteiger partial charge in [0.1, 0.15) is 0 Å². The Morgan fingerprint density at radius 3 is 2.47 bits per heavy atom. The Labute approximate surface area is 92.5 Å². The number of rotatable bonds is 2. The lowest BCUT2D eigenvalue weighted by molar-refractivity contribution is 0.0807. The molecular weight excluding hydrogens is 218 g/mol. The molecule has 1 aromatic carbocycles. The van der Waals surface area contributed by atoms with Crippen molar-refractivity contribution in [3.63, 3.8) is 0 Å². The van der Waals surface area contributed by atoms with Gasteiger partial charge in [0, 0.05) is 17.3 Å². The SMILES string of the molecule is CCOC(=O)N(Cl)C(=O)c1ccccc1. The van der Waals surface area contributed by atoms with Crippen LogP contribution in [0.4, 0.5) is 4.79 Å². The summed E-state index contributed by atoms with van der Waals surface area (Å²) in [7, 11) is 0. The van der Waals surface area contributed by atoms with E-state index < -0.39 is 12.0 Å². The van der Waals surface area contributed by atoms with Crippen LogP contribution in [0.2, 0.25) is 0 Å². The zero-order chi connectivity index (χ0) is 11.3. The first-order valence-electron chi connectivity index (χ1n) is 4.39. The smallest absolute Gasteiger partial charge is 0.432 e. The highest BCUT2D eigenvalue weighted by Gasteiger charge is 2.21. The molecule has 4 nitrogen and oxygen atoms in total. The third-order valence-corrected chi connectivity index (χ3v) is 1.92. The molecule has 2 amide bonds. The number of carbonyl (C=O) groups excluding carboxylic acids is 2. The standard InChI is InChI=1S/C10H10ClNO3/c1-2-15-10(14)12(11)9(13)8-6-4-3-5-7-8/h3-7H,2H2,1H3. The predicted octanol–water partition coefficient (Wildman–Crippen LogP) is 2.44.